The van der Waals surface area contributed by atoms with Crippen molar-refractivity contribution in [2.24, 2.45) is 0 Å². The fourth-order valence-electron chi connectivity index (χ4n) is 2.23. The lowest BCUT2D eigenvalue weighted by Crippen LogP contribution is -2.43. The van der Waals surface area contributed by atoms with Gasteiger partial charge >= 0.3 is 0 Å². The predicted octanol–water partition coefficient (Wildman–Crippen LogP) is 0.600. The number of Topliss-reactive ketones (excluding diaryl/α,β-unsaturated/α-hetero) is 1. The monoisotopic (exact) mass is 239 g/mol. The Kier molecular flexibility index (Phi) is 2.32. The molecular weight excluding hydrogens is 226 g/mol. The van der Waals surface area contributed by atoms with Gasteiger partial charge in [0, 0.05) is 13.0 Å². The van der Waals surface area contributed by atoms with Crippen LogP contribution in [0.4, 0.5) is 0 Å². The molecule has 0 saturated carbocycles. The van der Waals surface area contributed by atoms with E-state index in [2.05, 4.69) is 5.16 Å². The van der Waals surface area contributed by atoms with Crippen molar-refractivity contribution in [3.8, 4) is 0 Å². The maximum absolute atomic E-state index is 11.1. The van der Waals surface area contributed by atoms with Gasteiger partial charge in [0.25, 0.3) is 0 Å². The molecule has 6 heteroatoms. The minimum Gasteiger partial charge on any atom is -0.377 e. The van der Waals surface area contributed by atoms with Gasteiger partial charge in [0.05, 0.1) is 12.7 Å². The fourth-order valence-corrected chi connectivity index (χ4v) is 2.23. The molecule has 0 spiro atoms. The molecular formula is C11H13NO5. The number of hydrogen-bond donors (Lipinski definition) is 1. The SMILES string of the molecule is CC(=O)c1cc([C@]2(O)CC[C@H]3CO[C@@H]2O3)on1. The number of ether oxygens (including phenoxy) is 2. The van der Waals surface area contributed by atoms with Gasteiger partial charge in [-0.1, -0.05) is 5.16 Å². The summed E-state index contributed by atoms with van der Waals surface area (Å²) in [6.45, 7) is 1.88. The second kappa shape index (κ2) is 3.63. The molecule has 2 bridgehead atoms. The third kappa shape index (κ3) is 1.60. The van der Waals surface area contributed by atoms with Crippen LogP contribution in [0.1, 0.15) is 36.0 Å². The van der Waals surface area contributed by atoms with E-state index in [1.807, 2.05) is 0 Å². The predicted molar refractivity (Wildman–Crippen MR) is 54.3 cm³/mol. The van der Waals surface area contributed by atoms with Crippen molar-refractivity contribution in [1.29, 1.82) is 0 Å². The molecule has 1 N–H and O–H groups in total. The number of carbonyl (C=O) groups excluding carboxylic acids is 1. The molecule has 17 heavy (non-hydrogen) atoms. The van der Waals surface area contributed by atoms with Gasteiger partial charge in [0.2, 0.25) is 0 Å². The molecule has 3 heterocycles. The first kappa shape index (κ1) is 10.9. The highest BCUT2D eigenvalue weighted by atomic mass is 16.7. The van der Waals surface area contributed by atoms with E-state index in [1.54, 1.807) is 0 Å². The Morgan fingerprint density at radius 2 is 2.47 bits per heavy atom. The second-order valence-corrected chi connectivity index (χ2v) is 4.52. The Hall–Kier alpha value is -1.24. The van der Waals surface area contributed by atoms with Crippen LogP contribution in [0.2, 0.25) is 0 Å². The minimum absolute atomic E-state index is 0.0514. The van der Waals surface area contributed by atoms with E-state index in [0.717, 1.165) is 0 Å². The van der Waals surface area contributed by atoms with Crippen LogP contribution >= 0.6 is 0 Å². The number of ketones is 1. The van der Waals surface area contributed by atoms with Crippen molar-refractivity contribution in [3.05, 3.63) is 17.5 Å². The molecule has 0 aromatic carbocycles. The average molecular weight is 239 g/mol. The quantitative estimate of drug-likeness (QED) is 0.761. The van der Waals surface area contributed by atoms with Crippen molar-refractivity contribution in [2.45, 2.75) is 37.8 Å². The largest absolute Gasteiger partial charge is 0.377 e. The number of rotatable bonds is 2. The van der Waals surface area contributed by atoms with Crippen LogP contribution in [0.5, 0.6) is 0 Å². The van der Waals surface area contributed by atoms with Gasteiger partial charge < -0.3 is 19.1 Å². The topological polar surface area (TPSA) is 81.8 Å². The molecule has 0 aliphatic carbocycles. The summed E-state index contributed by atoms with van der Waals surface area (Å²) in [7, 11) is 0. The lowest BCUT2D eigenvalue weighted by molar-refractivity contribution is -0.225. The lowest BCUT2D eigenvalue weighted by atomic mass is 9.90. The number of fused-ring (bicyclic) bond motifs is 2. The third-order valence-electron chi connectivity index (χ3n) is 3.28. The highest BCUT2D eigenvalue weighted by molar-refractivity contribution is 5.92. The summed E-state index contributed by atoms with van der Waals surface area (Å²) in [5.41, 5.74) is -1.14. The molecule has 3 rings (SSSR count). The van der Waals surface area contributed by atoms with Gasteiger partial charge in [-0.2, -0.15) is 0 Å². The Morgan fingerprint density at radius 3 is 3.18 bits per heavy atom. The van der Waals surface area contributed by atoms with Crippen molar-refractivity contribution >= 4 is 5.78 Å². The summed E-state index contributed by atoms with van der Waals surface area (Å²) >= 11 is 0. The van der Waals surface area contributed by atoms with Crippen molar-refractivity contribution in [1.82, 2.24) is 5.16 Å². The molecule has 0 amide bonds. The van der Waals surface area contributed by atoms with Gasteiger partial charge in [-0.3, -0.25) is 4.79 Å². The first-order chi connectivity index (χ1) is 8.09. The van der Waals surface area contributed by atoms with Crippen molar-refractivity contribution < 1.29 is 23.9 Å². The molecule has 2 fully saturated rings. The summed E-state index contributed by atoms with van der Waals surface area (Å²) in [4.78, 5) is 11.1. The Balaban J connectivity index is 1.93. The van der Waals surface area contributed by atoms with Crippen LogP contribution in [0.3, 0.4) is 0 Å². The van der Waals surface area contributed by atoms with Crippen molar-refractivity contribution in [2.75, 3.05) is 6.61 Å². The Labute approximate surface area is 97.5 Å². The van der Waals surface area contributed by atoms with E-state index in [9.17, 15) is 9.90 Å². The highest BCUT2D eigenvalue weighted by Gasteiger charge is 2.52. The van der Waals surface area contributed by atoms with E-state index >= 15 is 0 Å². The number of carbonyl (C=O) groups is 1. The van der Waals surface area contributed by atoms with Gasteiger partial charge in [-0.05, 0) is 12.8 Å². The second-order valence-electron chi connectivity index (χ2n) is 4.52. The van der Waals surface area contributed by atoms with Crippen LogP contribution < -0.4 is 0 Å². The smallest absolute Gasteiger partial charge is 0.194 e. The van der Waals surface area contributed by atoms with Crippen LogP contribution in [-0.2, 0) is 15.1 Å². The molecule has 6 nitrogen and oxygen atoms in total. The van der Waals surface area contributed by atoms with Gasteiger partial charge in [0.1, 0.15) is 5.69 Å². The molecule has 2 aliphatic heterocycles. The Morgan fingerprint density at radius 1 is 1.65 bits per heavy atom. The fraction of sp³-hybridized carbons (Fsp3) is 0.636. The molecule has 0 unspecified atom stereocenters. The first-order valence-corrected chi connectivity index (χ1v) is 5.57. The summed E-state index contributed by atoms with van der Waals surface area (Å²) in [6, 6.07) is 1.45. The van der Waals surface area contributed by atoms with E-state index in [-0.39, 0.29) is 23.3 Å². The minimum atomic E-state index is -1.34. The standard InChI is InChI=1S/C11H13NO5/c1-6(13)8-4-9(17-12-8)11(14)3-2-7-5-15-10(11)16-7/h4,7,10,14H,2-3,5H2,1H3/t7-,10+,11+/m0/s1. The van der Waals surface area contributed by atoms with Crippen LogP contribution in [0, 0.1) is 0 Å². The summed E-state index contributed by atoms with van der Waals surface area (Å²) < 4.78 is 15.9. The van der Waals surface area contributed by atoms with Gasteiger partial charge in [-0.25, -0.2) is 0 Å². The zero-order chi connectivity index (χ0) is 12.0. The van der Waals surface area contributed by atoms with E-state index < -0.39 is 11.9 Å². The molecule has 0 radical (unpaired) electrons. The Bertz CT molecular complexity index is 456. The van der Waals surface area contributed by atoms with Crippen LogP contribution in [-0.4, -0.2) is 35.0 Å². The number of aromatic nitrogens is 1. The number of aliphatic hydroxyl groups is 1. The number of nitrogens with zero attached hydrogens (tertiary/aromatic N) is 1. The highest BCUT2D eigenvalue weighted by Crippen LogP contribution is 2.41. The van der Waals surface area contributed by atoms with E-state index in [4.69, 9.17) is 14.0 Å². The summed E-state index contributed by atoms with van der Waals surface area (Å²) in [5, 5.41) is 14.2. The average Bonchev–Trinajstić information content (AvgIpc) is 2.93. The van der Waals surface area contributed by atoms with Crippen molar-refractivity contribution in [3.63, 3.8) is 0 Å². The zero-order valence-corrected chi connectivity index (χ0v) is 9.38. The number of hydrogen-bond acceptors (Lipinski definition) is 6. The van der Waals surface area contributed by atoms with Gasteiger partial charge in [0.15, 0.2) is 23.4 Å². The molecule has 3 atom stereocenters. The lowest BCUT2D eigenvalue weighted by Gasteiger charge is -2.33. The molecule has 2 aliphatic rings. The molecule has 1 aromatic heterocycles. The molecule has 2 saturated heterocycles. The maximum atomic E-state index is 11.1. The van der Waals surface area contributed by atoms with E-state index in [0.29, 0.717) is 19.4 Å². The van der Waals surface area contributed by atoms with Crippen LogP contribution in [0.25, 0.3) is 0 Å². The maximum Gasteiger partial charge on any atom is 0.194 e. The summed E-state index contributed by atoms with van der Waals surface area (Å²) in [6.07, 6.45) is 0.502. The first-order valence-electron chi connectivity index (χ1n) is 5.57. The molecule has 92 valence electrons. The summed E-state index contributed by atoms with van der Waals surface area (Å²) in [5.74, 6) is 0.0265. The molecule has 1 aromatic rings. The van der Waals surface area contributed by atoms with Gasteiger partial charge in [-0.15, -0.1) is 0 Å². The van der Waals surface area contributed by atoms with E-state index in [1.165, 1.54) is 13.0 Å². The van der Waals surface area contributed by atoms with Crippen LogP contribution in [0.15, 0.2) is 10.6 Å². The third-order valence-corrected chi connectivity index (χ3v) is 3.28. The zero-order valence-electron chi connectivity index (χ0n) is 9.38. The normalized spacial score (nSPS) is 36.1.